The van der Waals surface area contributed by atoms with Gasteiger partial charge in [-0.2, -0.15) is 0 Å². The van der Waals surface area contributed by atoms with E-state index in [1.807, 2.05) is 0 Å². The first-order chi connectivity index (χ1) is 10.1. The van der Waals surface area contributed by atoms with Crippen LogP contribution in [0.3, 0.4) is 0 Å². The van der Waals surface area contributed by atoms with E-state index in [-0.39, 0.29) is 0 Å². The molecule has 0 bridgehead atoms. The molecular formula is C11H19N5O6. The minimum atomic E-state index is -3.24. The largest absolute Gasteiger partial charge is 0.479 e. The molecule has 0 rings (SSSR count). The van der Waals surface area contributed by atoms with E-state index >= 15 is 0 Å². The van der Waals surface area contributed by atoms with Crippen LogP contribution in [0.1, 0.15) is 0 Å². The van der Waals surface area contributed by atoms with Crippen molar-refractivity contribution in [2.75, 3.05) is 26.2 Å². The molecule has 0 aliphatic carbocycles. The summed E-state index contributed by atoms with van der Waals surface area (Å²) in [5.74, 6) is -7.61. The van der Waals surface area contributed by atoms with Crippen LogP contribution in [0.2, 0.25) is 0 Å². The zero-order valence-corrected chi connectivity index (χ0v) is 11.7. The Morgan fingerprint density at radius 2 is 0.955 bits per heavy atom. The van der Waals surface area contributed by atoms with E-state index in [1.165, 1.54) is 0 Å². The quantitative estimate of drug-likeness (QED) is 0.208. The van der Waals surface area contributed by atoms with E-state index < -0.39 is 66.2 Å². The molecule has 0 unspecified atom stereocenters. The van der Waals surface area contributed by atoms with Gasteiger partial charge in [0.1, 0.15) is 0 Å². The van der Waals surface area contributed by atoms with E-state index in [0.717, 1.165) is 0 Å². The van der Waals surface area contributed by atoms with Crippen molar-refractivity contribution in [2.24, 2.45) is 34.1 Å². The Hall–Kier alpha value is -2.05. The molecule has 0 saturated carbocycles. The molecule has 11 heteroatoms. The van der Waals surface area contributed by atoms with Gasteiger partial charge in [0.25, 0.3) is 0 Å². The van der Waals surface area contributed by atoms with Crippen molar-refractivity contribution in [3.8, 4) is 0 Å². The van der Waals surface area contributed by atoms with Gasteiger partial charge in [-0.25, -0.2) is 4.79 Å². The molecule has 124 valence electrons. The first kappa shape index (κ1) is 19.9. The lowest BCUT2D eigenvalue weighted by molar-refractivity contribution is -0.168. The number of carboxylic acid groups (broad SMARTS) is 1. The van der Waals surface area contributed by atoms with Crippen molar-refractivity contribution in [3.05, 3.63) is 0 Å². The maximum absolute atomic E-state index is 12.2. The lowest BCUT2D eigenvalue weighted by atomic mass is 9.59. The van der Waals surface area contributed by atoms with Crippen LogP contribution < -0.4 is 28.7 Å². The molecule has 0 aromatic rings. The lowest BCUT2D eigenvalue weighted by Gasteiger charge is -2.40. The SMILES string of the molecule is NCC(=O)C(C(=O)CN)(C(=O)CN)[C@](N)(C(=O)O)C(=O)CN. The van der Waals surface area contributed by atoms with Crippen molar-refractivity contribution in [1.82, 2.24) is 0 Å². The molecule has 0 radical (unpaired) electrons. The molecule has 11 nitrogen and oxygen atoms in total. The molecule has 0 saturated heterocycles. The predicted octanol–water partition coefficient (Wildman–Crippen LogP) is -5.13. The topological polar surface area (TPSA) is 236 Å². The third-order valence-electron chi connectivity index (χ3n) is 3.37. The van der Waals surface area contributed by atoms with E-state index in [1.54, 1.807) is 0 Å². The van der Waals surface area contributed by atoms with Crippen molar-refractivity contribution >= 4 is 29.1 Å². The van der Waals surface area contributed by atoms with Gasteiger partial charge in [-0.3, -0.25) is 19.2 Å². The third kappa shape index (κ3) is 2.55. The minimum Gasteiger partial charge on any atom is -0.479 e. The second-order valence-corrected chi connectivity index (χ2v) is 4.37. The molecule has 11 N–H and O–H groups in total. The van der Waals surface area contributed by atoms with Crippen LogP contribution in [0.4, 0.5) is 0 Å². The molecule has 0 aliphatic heterocycles. The fourth-order valence-electron chi connectivity index (χ4n) is 2.24. The smallest absolute Gasteiger partial charge is 0.333 e. The minimum absolute atomic E-state index is 0.929. The summed E-state index contributed by atoms with van der Waals surface area (Å²) < 4.78 is 0. The number of carbonyl (C=O) groups excluding carboxylic acids is 4. The summed E-state index contributed by atoms with van der Waals surface area (Å²) in [6.07, 6.45) is 0. The Balaban J connectivity index is 6.91. The fourth-order valence-corrected chi connectivity index (χ4v) is 2.24. The Bertz CT molecular complexity index is 478. The van der Waals surface area contributed by atoms with Crippen LogP contribution in [0.25, 0.3) is 0 Å². The first-order valence-corrected chi connectivity index (χ1v) is 6.08. The van der Waals surface area contributed by atoms with Gasteiger partial charge in [0.2, 0.25) is 5.54 Å². The van der Waals surface area contributed by atoms with E-state index in [0.29, 0.717) is 0 Å². The number of hydrogen-bond acceptors (Lipinski definition) is 10. The number of ketones is 4. The number of nitrogens with two attached hydrogens (primary N) is 5. The Labute approximate surface area is 125 Å². The molecule has 1 atom stereocenters. The molecule has 0 aliphatic rings. The van der Waals surface area contributed by atoms with Gasteiger partial charge in [0, 0.05) is 0 Å². The zero-order valence-electron chi connectivity index (χ0n) is 11.7. The highest BCUT2D eigenvalue weighted by atomic mass is 16.4. The average molecular weight is 317 g/mol. The van der Waals surface area contributed by atoms with Gasteiger partial charge >= 0.3 is 5.97 Å². The highest BCUT2D eigenvalue weighted by Gasteiger charge is 2.69. The van der Waals surface area contributed by atoms with Crippen LogP contribution >= 0.6 is 0 Å². The summed E-state index contributed by atoms with van der Waals surface area (Å²) in [5, 5.41) is 9.32. The van der Waals surface area contributed by atoms with Crippen molar-refractivity contribution in [3.63, 3.8) is 0 Å². The van der Waals surface area contributed by atoms with Gasteiger partial charge in [0.15, 0.2) is 28.5 Å². The Kier molecular flexibility index (Phi) is 6.61. The standard InChI is InChI=1S/C11H19N5O6/c12-1-5(17)10(6(18)2-13,7(19)3-14)11(16,9(21)22)8(20)4-15/h1-4,12-16H2,(H,21,22)/t11-/m1/s1. The Morgan fingerprint density at radius 1 is 0.682 bits per heavy atom. The normalized spacial score (nSPS) is 14.0. The third-order valence-corrected chi connectivity index (χ3v) is 3.37. The molecule has 0 fully saturated rings. The van der Waals surface area contributed by atoms with Gasteiger partial charge in [0.05, 0.1) is 26.2 Å². The predicted molar refractivity (Wildman–Crippen MR) is 73.2 cm³/mol. The summed E-state index contributed by atoms with van der Waals surface area (Å²) in [5.41, 5.74) is 19.7. The second kappa shape index (κ2) is 7.29. The summed E-state index contributed by atoms with van der Waals surface area (Å²) in [7, 11) is 0. The second-order valence-electron chi connectivity index (χ2n) is 4.37. The molecule has 0 amide bonds. The van der Waals surface area contributed by atoms with Crippen molar-refractivity contribution in [2.45, 2.75) is 5.54 Å². The molecule has 22 heavy (non-hydrogen) atoms. The van der Waals surface area contributed by atoms with Crippen LogP contribution in [-0.4, -0.2) is 65.9 Å². The number of hydrogen-bond donors (Lipinski definition) is 6. The maximum Gasteiger partial charge on any atom is 0.333 e. The maximum atomic E-state index is 12.2. The molecule has 0 spiro atoms. The number of rotatable bonds is 10. The van der Waals surface area contributed by atoms with Crippen LogP contribution in [0, 0.1) is 5.41 Å². The number of Topliss-reactive ketones (excluding diaryl/α,β-unsaturated/α-hetero) is 4. The summed E-state index contributed by atoms with van der Waals surface area (Å²) >= 11 is 0. The van der Waals surface area contributed by atoms with Crippen LogP contribution in [0.5, 0.6) is 0 Å². The van der Waals surface area contributed by atoms with E-state index in [9.17, 15) is 29.1 Å². The van der Waals surface area contributed by atoms with Gasteiger partial charge < -0.3 is 33.8 Å². The molecule has 0 heterocycles. The monoisotopic (exact) mass is 317 g/mol. The fraction of sp³-hybridized carbons (Fsp3) is 0.545. The number of carboxylic acids is 1. The zero-order chi connectivity index (χ0) is 17.7. The highest BCUT2D eigenvalue weighted by molar-refractivity contribution is 6.34. The van der Waals surface area contributed by atoms with Crippen molar-refractivity contribution < 1.29 is 29.1 Å². The molecular weight excluding hydrogens is 298 g/mol. The van der Waals surface area contributed by atoms with E-state index in [2.05, 4.69) is 0 Å². The summed E-state index contributed by atoms with van der Waals surface area (Å²) in [6, 6.07) is 0. The average Bonchev–Trinajstić information content (AvgIpc) is 2.52. The van der Waals surface area contributed by atoms with Gasteiger partial charge in [-0.1, -0.05) is 0 Å². The lowest BCUT2D eigenvalue weighted by Crippen LogP contribution is -2.77. The highest BCUT2D eigenvalue weighted by Crippen LogP contribution is 2.34. The Morgan fingerprint density at radius 3 is 1.14 bits per heavy atom. The van der Waals surface area contributed by atoms with Crippen LogP contribution in [0.15, 0.2) is 0 Å². The molecule has 0 aromatic heterocycles. The van der Waals surface area contributed by atoms with Gasteiger partial charge in [-0.15, -0.1) is 0 Å². The first-order valence-electron chi connectivity index (χ1n) is 6.08. The van der Waals surface area contributed by atoms with Gasteiger partial charge in [-0.05, 0) is 0 Å². The summed E-state index contributed by atoms with van der Waals surface area (Å²) in [4.78, 5) is 60.1. The summed E-state index contributed by atoms with van der Waals surface area (Å²) in [6.45, 7) is -3.72. The van der Waals surface area contributed by atoms with E-state index in [4.69, 9.17) is 28.7 Å². The van der Waals surface area contributed by atoms with Crippen LogP contribution in [-0.2, 0) is 24.0 Å². The number of aliphatic carboxylic acids is 1. The molecule has 0 aromatic carbocycles. The van der Waals surface area contributed by atoms with Crippen molar-refractivity contribution in [1.29, 1.82) is 0 Å². The number of carbonyl (C=O) groups is 5.